The summed E-state index contributed by atoms with van der Waals surface area (Å²) < 4.78 is 50.8. The number of fused-ring (bicyclic) bond motifs is 1. The molecule has 1 unspecified atom stereocenters. The van der Waals surface area contributed by atoms with E-state index in [1.54, 1.807) is 18.3 Å². The third-order valence-corrected chi connectivity index (χ3v) is 6.60. The standard InChI is InChI=1S/C23H23ClF2N4O3S/c24-21-14(2-1-5-29-34(32)33)12-18(25)22(26)20(21)23(31)15-3-4-19-16(10-15)11-17(13-28-19)30-8-6-27-7-9-30/h3-4,10-13,27,29H,1-2,5-9H2,(H,32,33). The largest absolute Gasteiger partial charge is 0.368 e. The number of nitrogens with zero attached hydrogens (tertiary/aromatic N) is 2. The summed E-state index contributed by atoms with van der Waals surface area (Å²) in [6, 6.07) is 7.67. The Bertz CT molecular complexity index is 1250. The smallest absolute Gasteiger partial charge is 0.231 e. The molecule has 1 aromatic heterocycles. The van der Waals surface area contributed by atoms with Gasteiger partial charge in [0.15, 0.2) is 17.4 Å². The first kappa shape index (κ1) is 24.6. The van der Waals surface area contributed by atoms with Crippen molar-refractivity contribution in [3.63, 3.8) is 0 Å². The molecule has 0 saturated carbocycles. The van der Waals surface area contributed by atoms with Gasteiger partial charge in [0, 0.05) is 43.7 Å². The van der Waals surface area contributed by atoms with Gasteiger partial charge in [0.05, 0.1) is 28.0 Å². The van der Waals surface area contributed by atoms with E-state index >= 15 is 0 Å². The number of hydrogen-bond donors (Lipinski definition) is 3. The Balaban J connectivity index is 1.64. The number of carbonyl (C=O) groups is 1. The van der Waals surface area contributed by atoms with Crippen LogP contribution in [0.25, 0.3) is 10.9 Å². The highest BCUT2D eigenvalue weighted by molar-refractivity contribution is 7.77. The lowest BCUT2D eigenvalue weighted by atomic mass is 9.97. The summed E-state index contributed by atoms with van der Waals surface area (Å²) >= 11 is 4.16. The lowest BCUT2D eigenvalue weighted by Gasteiger charge is -2.29. The van der Waals surface area contributed by atoms with Crippen molar-refractivity contribution in [1.29, 1.82) is 0 Å². The predicted octanol–water partition coefficient (Wildman–Crippen LogP) is 3.47. The van der Waals surface area contributed by atoms with Gasteiger partial charge in [-0.05, 0) is 48.7 Å². The lowest BCUT2D eigenvalue weighted by molar-refractivity contribution is 0.103. The molecule has 4 rings (SSSR count). The molecule has 3 aromatic rings. The van der Waals surface area contributed by atoms with E-state index in [9.17, 15) is 17.8 Å². The maximum absolute atomic E-state index is 14.7. The Hall–Kier alpha value is -2.50. The van der Waals surface area contributed by atoms with Gasteiger partial charge in [-0.15, -0.1) is 0 Å². The van der Waals surface area contributed by atoms with Crippen LogP contribution in [0.2, 0.25) is 5.02 Å². The van der Waals surface area contributed by atoms with Gasteiger partial charge in [-0.25, -0.2) is 17.7 Å². The molecule has 0 amide bonds. The monoisotopic (exact) mass is 508 g/mol. The summed E-state index contributed by atoms with van der Waals surface area (Å²) in [4.78, 5) is 19.9. The molecule has 1 atom stereocenters. The molecule has 34 heavy (non-hydrogen) atoms. The van der Waals surface area contributed by atoms with E-state index in [2.05, 4.69) is 19.9 Å². The summed E-state index contributed by atoms with van der Waals surface area (Å²) in [5.41, 5.74) is 1.49. The minimum absolute atomic E-state index is 0.162. The molecule has 180 valence electrons. The van der Waals surface area contributed by atoms with E-state index in [0.717, 1.165) is 37.9 Å². The number of carbonyl (C=O) groups excluding carboxylic acids is 1. The van der Waals surface area contributed by atoms with Gasteiger partial charge in [-0.1, -0.05) is 11.6 Å². The molecule has 2 heterocycles. The molecule has 0 aliphatic carbocycles. The number of aromatic nitrogens is 1. The fourth-order valence-corrected chi connectivity index (χ4v) is 4.61. The molecule has 0 spiro atoms. The van der Waals surface area contributed by atoms with Crippen molar-refractivity contribution >= 4 is 45.2 Å². The van der Waals surface area contributed by atoms with Crippen LogP contribution in [-0.4, -0.2) is 52.3 Å². The molecule has 3 N–H and O–H groups in total. The molecule has 7 nitrogen and oxygen atoms in total. The van der Waals surface area contributed by atoms with Crippen molar-refractivity contribution in [3.8, 4) is 0 Å². The fourth-order valence-electron chi connectivity index (χ4n) is 3.98. The van der Waals surface area contributed by atoms with Crippen molar-refractivity contribution in [3.05, 3.63) is 69.9 Å². The van der Waals surface area contributed by atoms with Gasteiger partial charge >= 0.3 is 0 Å². The lowest BCUT2D eigenvalue weighted by Crippen LogP contribution is -2.43. The number of hydrogen-bond acceptors (Lipinski definition) is 5. The molecule has 1 saturated heterocycles. The van der Waals surface area contributed by atoms with Crippen molar-refractivity contribution in [2.75, 3.05) is 37.6 Å². The van der Waals surface area contributed by atoms with E-state index in [1.165, 1.54) is 6.07 Å². The Kier molecular flexibility index (Phi) is 7.84. The van der Waals surface area contributed by atoms with Crippen LogP contribution in [-0.2, 0) is 17.7 Å². The minimum atomic E-state index is -2.17. The van der Waals surface area contributed by atoms with E-state index in [4.69, 9.17) is 16.2 Å². The summed E-state index contributed by atoms with van der Waals surface area (Å²) in [6.07, 6.45) is 2.31. The molecule has 1 fully saturated rings. The fraction of sp³-hybridized carbons (Fsp3) is 0.304. The van der Waals surface area contributed by atoms with E-state index in [0.29, 0.717) is 17.3 Å². The SMILES string of the molecule is O=C(c1ccc2ncc(N3CCNCC3)cc2c1)c1c(F)c(F)cc(CCCNS(=O)O)c1Cl. The van der Waals surface area contributed by atoms with Crippen molar-refractivity contribution < 1.29 is 22.3 Å². The Morgan fingerprint density at radius 1 is 1.24 bits per heavy atom. The number of halogens is 3. The average Bonchev–Trinajstić information content (AvgIpc) is 2.84. The second kappa shape index (κ2) is 10.8. The number of piperazine rings is 1. The van der Waals surface area contributed by atoms with Gasteiger partial charge in [0.1, 0.15) is 0 Å². The molecular weight excluding hydrogens is 486 g/mol. The van der Waals surface area contributed by atoms with Gasteiger partial charge in [-0.3, -0.25) is 14.3 Å². The van der Waals surface area contributed by atoms with Gasteiger partial charge in [0.25, 0.3) is 0 Å². The van der Waals surface area contributed by atoms with Crippen molar-refractivity contribution in [2.45, 2.75) is 12.8 Å². The molecule has 11 heteroatoms. The molecule has 1 aliphatic rings. The summed E-state index contributed by atoms with van der Waals surface area (Å²) in [5.74, 6) is -3.21. The molecule has 1 aliphatic heterocycles. The number of anilines is 1. The number of ketones is 1. The highest BCUT2D eigenvalue weighted by Gasteiger charge is 2.24. The van der Waals surface area contributed by atoms with Crippen LogP contribution in [0.4, 0.5) is 14.5 Å². The Morgan fingerprint density at radius 3 is 2.74 bits per heavy atom. The zero-order chi connectivity index (χ0) is 24.2. The van der Waals surface area contributed by atoms with E-state index < -0.39 is 34.2 Å². The molecular formula is C23H23ClF2N4O3S. The average molecular weight is 509 g/mol. The number of rotatable bonds is 8. The van der Waals surface area contributed by atoms with E-state index in [-0.39, 0.29) is 29.1 Å². The minimum Gasteiger partial charge on any atom is -0.368 e. The second-order valence-corrected chi connectivity index (χ2v) is 9.10. The summed E-state index contributed by atoms with van der Waals surface area (Å²) in [7, 11) is 0. The number of nitrogens with one attached hydrogen (secondary N) is 2. The van der Waals surface area contributed by atoms with Crippen LogP contribution in [0.5, 0.6) is 0 Å². The normalized spacial score (nSPS) is 15.0. The van der Waals surface area contributed by atoms with Gasteiger partial charge < -0.3 is 10.2 Å². The van der Waals surface area contributed by atoms with E-state index in [1.807, 2.05) is 6.07 Å². The Labute approximate surface area is 202 Å². The van der Waals surface area contributed by atoms with Crippen LogP contribution >= 0.6 is 11.6 Å². The highest BCUT2D eigenvalue weighted by atomic mass is 35.5. The first-order chi connectivity index (χ1) is 16.3. The van der Waals surface area contributed by atoms with Crippen molar-refractivity contribution in [1.82, 2.24) is 15.0 Å². The molecule has 0 bridgehead atoms. The quantitative estimate of drug-likeness (QED) is 0.187. The summed E-state index contributed by atoms with van der Waals surface area (Å²) in [5, 5.41) is 3.83. The number of aryl methyl sites for hydroxylation is 1. The van der Waals surface area contributed by atoms with Crippen molar-refractivity contribution in [2.24, 2.45) is 0 Å². The van der Waals surface area contributed by atoms with Crippen LogP contribution in [0.1, 0.15) is 27.9 Å². The zero-order valence-corrected chi connectivity index (χ0v) is 19.7. The maximum Gasteiger partial charge on any atom is 0.231 e. The predicted molar refractivity (Wildman–Crippen MR) is 129 cm³/mol. The first-order valence-electron chi connectivity index (χ1n) is 10.8. The number of benzene rings is 2. The van der Waals surface area contributed by atoms with Crippen LogP contribution in [0.3, 0.4) is 0 Å². The van der Waals surface area contributed by atoms with Gasteiger partial charge in [0.2, 0.25) is 11.3 Å². The first-order valence-corrected chi connectivity index (χ1v) is 12.2. The Morgan fingerprint density at radius 2 is 2.00 bits per heavy atom. The summed E-state index contributed by atoms with van der Waals surface area (Å²) in [6.45, 7) is 3.56. The van der Waals surface area contributed by atoms with Gasteiger partial charge in [-0.2, -0.15) is 0 Å². The zero-order valence-electron chi connectivity index (χ0n) is 18.1. The van der Waals surface area contributed by atoms with Crippen LogP contribution in [0.15, 0.2) is 36.5 Å². The highest BCUT2D eigenvalue weighted by Crippen LogP contribution is 2.30. The third-order valence-electron chi connectivity index (χ3n) is 5.72. The third kappa shape index (κ3) is 5.42. The second-order valence-electron chi connectivity index (χ2n) is 7.93. The molecule has 0 radical (unpaired) electrons. The molecule has 2 aromatic carbocycles. The topological polar surface area (TPSA) is 94.6 Å². The van der Waals surface area contributed by atoms with Crippen LogP contribution in [0, 0.1) is 11.6 Å². The van der Waals surface area contributed by atoms with Crippen LogP contribution < -0.4 is 14.9 Å². The number of pyridine rings is 1. The maximum atomic E-state index is 14.7.